The Bertz CT molecular complexity index is 739. The third-order valence-electron chi connectivity index (χ3n) is 2.89. The molecule has 0 bridgehead atoms. The first-order valence-corrected chi connectivity index (χ1v) is 7.59. The molecule has 0 atom stereocenters. The van der Waals surface area contributed by atoms with Crippen LogP contribution in [0, 0.1) is 6.92 Å². The standard InChI is InChI=1S/C16H18ClF3N4/c1-9-21-13(8-14(22-9)24-15(2,3)4)23-10-5-6-12(17)11(7-10)16(18,19)20/h5-8H,1-4H3,(H2,21,22,23,24). The first-order valence-electron chi connectivity index (χ1n) is 7.22. The lowest BCUT2D eigenvalue weighted by Crippen LogP contribution is -2.27. The zero-order chi connectivity index (χ0) is 18.1. The van der Waals surface area contributed by atoms with Crippen molar-refractivity contribution in [1.82, 2.24) is 9.97 Å². The predicted octanol–water partition coefficient (Wildman–Crippen LogP) is 5.41. The number of nitrogens with zero attached hydrogens (tertiary/aromatic N) is 2. The largest absolute Gasteiger partial charge is 0.417 e. The van der Waals surface area contributed by atoms with Crippen molar-refractivity contribution in [2.45, 2.75) is 39.4 Å². The van der Waals surface area contributed by atoms with Crippen LogP contribution in [0.3, 0.4) is 0 Å². The number of halogens is 4. The predicted molar refractivity (Wildman–Crippen MR) is 89.9 cm³/mol. The molecular formula is C16H18ClF3N4. The van der Waals surface area contributed by atoms with Crippen molar-refractivity contribution in [2.75, 3.05) is 10.6 Å². The monoisotopic (exact) mass is 358 g/mol. The van der Waals surface area contributed by atoms with Gasteiger partial charge in [-0.3, -0.25) is 0 Å². The SMILES string of the molecule is Cc1nc(Nc2ccc(Cl)c(C(F)(F)F)c2)cc(NC(C)(C)C)n1. The van der Waals surface area contributed by atoms with E-state index in [0.29, 0.717) is 17.5 Å². The molecule has 4 nitrogen and oxygen atoms in total. The molecule has 0 unspecified atom stereocenters. The van der Waals surface area contributed by atoms with Gasteiger partial charge in [-0.2, -0.15) is 13.2 Å². The van der Waals surface area contributed by atoms with Crippen LogP contribution in [0.4, 0.5) is 30.5 Å². The molecule has 1 aromatic carbocycles. The molecule has 130 valence electrons. The number of hydrogen-bond donors (Lipinski definition) is 2. The number of alkyl halides is 3. The topological polar surface area (TPSA) is 49.8 Å². The van der Waals surface area contributed by atoms with Crippen molar-refractivity contribution in [3.8, 4) is 0 Å². The summed E-state index contributed by atoms with van der Waals surface area (Å²) in [6.45, 7) is 7.65. The average Bonchev–Trinajstić information content (AvgIpc) is 2.37. The van der Waals surface area contributed by atoms with Gasteiger partial charge in [0, 0.05) is 17.3 Å². The Morgan fingerprint density at radius 3 is 2.21 bits per heavy atom. The van der Waals surface area contributed by atoms with E-state index in [1.54, 1.807) is 13.0 Å². The summed E-state index contributed by atoms with van der Waals surface area (Å²) < 4.78 is 38.8. The van der Waals surface area contributed by atoms with Crippen molar-refractivity contribution in [3.63, 3.8) is 0 Å². The Morgan fingerprint density at radius 2 is 1.62 bits per heavy atom. The lowest BCUT2D eigenvalue weighted by Gasteiger charge is -2.22. The molecule has 2 aromatic rings. The summed E-state index contributed by atoms with van der Waals surface area (Å²) >= 11 is 5.62. The van der Waals surface area contributed by atoms with Gasteiger partial charge in [-0.1, -0.05) is 11.6 Å². The number of hydrogen-bond acceptors (Lipinski definition) is 4. The lowest BCUT2D eigenvalue weighted by molar-refractivity contribution is -0.137. The van der Waals surface area contributed by atoms with E-state index in [2.05, 4.69) is 20.6 Å². The van der Waals surface area contributed by atoms with Crippen LogP contribution in [0.1, 0.15) is 32.2 Å². The molecule has 2 rings (SSSR count). The molecule has 0 saturated carbocycles. The summed E-state index contributed by atoms with van der Waals surface area (Å²) in [6.07, 6.45) is -4.52. The van der Waals surface area contributed by atoms with Gasteiger partial charge in [0.25, 0.3) is 0 Å². The summed E-state index contributed by atoms with van der Waals surface area (Å²) in [4.78, 5) is 8.47. The van der Waals surface area contributed by atoms with Crippen molar-refractivity contribution in [1.29, 1.82) is 0 Å². The maximum Gasteiger partial charge on any atom is 0.417 e. The van der Waals surface area contributed by atoms with E-state index in [1.807, 2.05) is 20.8 Å². The summed E-state index contributed by atoms with van der Waals surface area (Å²) in [6, 6.07) is 5.26. The zero-order valence-electron chi connectivity index (χ0n) is 13.7. The van der Waals surface area contributed by atoms with Gasteiger partial charge in [-0.05, 0) is 45.9 Å². The number of aryl methyl sites for hydroxylation is 1. The van der Waals surface area contributed by atoms with Crippen LogP contribution in [-0.2, 0) is 6.18 Å². The lowest BCUT2D eigenvalue weighted by atomic mass is 10.1. The van der Waals surface area contributed by atoms with Crippen molar-refractivity contribution < 1.29 is 13.2 Å². The Hall–Kier alpha value is -2.02. The Labute approximate surface area is 143 Å². The van der Waals surface area contributed by atoms with E-state index in [4.69, 9.17) is 11.6 Å². The Morgan fingerprint density at radius 1 is 1.00 bits per heavy atom. The highest BCUT2D eigenvalue weighted by Gasteiger charge is 2.33. The van der Waals surface area contributed by atoms with Crippen LogP contribution in [0.25, 0.3) is 0 Å². The van der Waals surface area contributed by atoms with E-state index < -0.39 is 11.7 Å². The fourth-order valence-corrected chi connectivity index (χ4v) is 2.27. The minimum Gasteiger partial charge on any atom is -0.365 e. The maximum atomic E-state index is 12.9. The van der Waals surface area contributed by atoms with Crippen LogP contribution >= 0.6 is 11.6 Å². The van der Waals surface area contributed by atoms with Crippen LogP contribution in [0.15, 0.2) is 24.3 Å². The van der Waals surface area contributed by atoms with Gasteiger partial charge in [-0.25, -0.2) is 9.97 Å². The average molecular weight is 359 g/mol. The van der Waals surface area contributed by atoms with E-state index in [-0.39, 0.29) is 16.2 Å². The first kappa shape index (κ1) is 18.3. The number of benzene rings is 1. The van der Waals surface area contributed by atoms with Crippen LogP contribution in [-0.4, -0.2) is 15.5 Å². The molecule has 2 N–H and O–H groups in total. The molecular weight excluding hydrogens is 341 g/mol. The Balaban J connectivity index is 2.31. The van der Waals surface area contributed by atoms with Crippen molar-refractivity contribution >= 4 is 28.9 Å². The number of anilines is 3. The summed E-state index contributed by atoms with van der Waals surface area (Å²) in [7, 11) is 0. The summed E-state index contributed by atoms with van der Waals surface area (Å²) in [5.74, 6) is 1.48. The number of rotatable bonds is 3. The van der Waals surface area contributed by atoms with Crippen LogP contribution < -0.4 is 10.6 Å². The quantitative estimate of drug-likeness (QED) is 0.770. The van der Waals surface area contributed by atoms with E-state index in [0.717, 1.165) is 6.07 Å². The molecule has 0 aliphatic heterocycles. The second-order valence-corrected chi connectivity index (χ2v) is 6.79. The fraction of sp³-hybridized carbons (Fsp3) is 0.375. The maximum absolute atomic E-state index is 12.9. The van der Waals surface area contributed by atoms with Gasteiger partial charge in [0.2, 0.25) is 0 Å². The highest BCUT2D eigenvalue weighted by molar-refractivity contribution is 6.31. The molecule has 0 amide bonds. The van der Waals surface area contributed by atoms with Gasteiger partial charge in [-0.15, -0.1) is 0 Å². The number of nitrogens with one attached hydrogen (secondary N) is 2. The second-order valence-electron chi connectivity index (χ2n) is 6.38. The van der Waals surface area contributed by atoms with Crippen molar-refractivity contribution in [2.24, 2.45) is 0 Å². The van der Waals surface area contributed by atoms with Gasteiger partial charge in [0.1, 0.15) is 17.5 Å². The highest BCUT2D eigenvalue weighted by atomic mass is 35.5. The smallest absolute Gasteiger partial charge is 0.365 e. The van der Waals surface area contributed by atoms with Gasteiger partial charge in [0.05, 0.1) is 10.6 Å². The van der Waals surface area contributed by atoms with E-state index in [1.165, 1.54) is 12.1 Å². The van der Waals surface area contributed by atoms with Gasteiger partial charge < -0.3 is 10.6 Å². The van der Waals surface area contributed by atoms with Gasteiger partial charge >= 0.3 is 6.18 Å². The summed E-state index contributed by atoms with van der Waals surface area (Å²) in [5.41, 5.74) is -0.860. The molecule has 8 heteroatoms. The fourth-order valence-electron chi connectivity index (χ4n) is 2.05. The number of aromatic nitrogens is 2. The molecule has 0 radical (unpaired) electrons. The third kappa shape index (κ3) is 4.99. The minimum absolute atomic E-state index is 0.207. The third-order valence-corrected chi connectivity index (χ3v) is 3.21. The van der Waals surface area contributed by atoms with Crippen molar-refractivity contribution in [3.05, 3.63) is 40.7 Å². The second kappa shape index (κ2) is 6.47. The first-order chi connectivity index (χ1) is 10.9. The highest BCUT2D eigenvalue weighted by Crippen LogP contribution is 2.36. The molecule has 0 aliphatic carbocycles. The minimum atomic E-state index is -4.52. The Kier molecular flexibility index (Phi) is 4.94. The summed E-state index contributed by atoms with van der Waals surface area (Å²) in [5, 5.41) is 5.72. The van der Waals surface area contributed by atoms with Crippen LogP contribution in [0.2, 0.25) is 5.02 Å². The molecule has 1 aromatic heterocycles. The zero-order valence-corrected chi connectivity index (χ0v) is 14.5. The molecule has 0 spiro atoms. The van der Waals surface area contributed by atoms with Gasteiger partial charge in [0.15, 0.2) is 0 Å². The van der Waals surface area contributed by atoms with E-state index in [9.17, 15) is 13.2 Å². The van der Waals surface area contributed by atoms with E-state index >= 15 is 0 Å². The normalized spacial score (nSPS) is 12.2. The molecule has 1 heterocycles. The molecule has 24 heavy (non-hydrogen) atoms. The molecule has 0 saturated heterocycles. The molecule has 0 aliphatic rings. The van der Waals surface area contributed by atoms with Crippen LogP contribution in [0.5, 0.6) is 0 Å². The molecule has 0 fully saturated rings.